The molecule has 0 aromatic heterocycles. The molecule has 0 radical (unpaired) electrons. The van der Waals surface area contributed by atoms with Gasteiger partial charge in [0.1, 0.15) is 5.54 Å². The minimum absolute atomic E-state index is 0.0355. The van der Waals surface area contributed by atoms with Gasteiger partial charge in [-0.2, -0.15) is 17.0 Å². The van der Waals surface area contributed by atoms with Crippen LogP contribution >= 0.6 is 0 Å². The van der Waals surface area contributed by atoms with Crippen LogP contribution in [0, 0.1) is 23.2 Å². The highest BCUT2D eigenvalue weighted by molar-refractivity contribution is 7.86. The highest BCUT2D eigenvalue weighted by Crippen LogP contribution is 2.54. The predicted octanol–water partition coefficient (Wildman–Crippen LogP) is 0.980. The van der Waals surface area contributed by atoms with Crippen LogP contribution in [-0.4, -0.2) is 85.7 Å². The molecule has 0 spiro atoms. The van der Waals surface area contributed by atoms with Crippen LogP contribution in [0.5, 0.6) is 0 Å². The third kappa shape index (κ3) is 4.67. The number of hydrogen-bond acceptors (Lipinski definition) is 7. The molecule has 2 aliphatic heterocycles. The molecule has 10 nitrogen and oxygen atoms in total. The van der Waals surface area contributed by atoms with E-state index in [-0.39, 0.29) is 50.4 Å². The number of carboxylic acids is 1. The fourth-order valence-electron chi connectivity index (χ4n) is 5.98. The molecule has 0 aromatic rings. The lowest BCUT2D eigenvalue weighted by molar-refractivity contribution is -0.144. The van der Waals surface area contributed by atoms with Crippen molar-refractivity contribution in [2.24, 2.45) is 34.6 Å². The second-order valence-corrected chi connectivity index (χ2v) is 13.5. The summed E-state index contributed by atoms with van der Waals surface area (Å²) in [6.45, 7) is 11.4. The van der Waals surface area contributed by atoms with Gasteiger partial charge >= 0.3 is 13.1 Å². The molecule has 196 valence electrons. The van der Waals surface area contributed by atoms with E-state index in [9.17, 15) is 18.3 Å². The number of likely N-dealkylation sites (N-methyl/N-ethyl adjacent to an activating group) is 1. The van der Waals surface area contributed by atoms with Crippen molar-refractivity contribution in [1.82, 2.24) is 8.61 Å². The maximum atomic E-state index is 12.9. The van der Waals surface area contributed by atoms with E-state index in [0.717, 1.165) is 10.7 Å². The largest absolute Gasteiger partial charge is 0.480 e. The molecule has 1 aliphatic carbocycles. The molecular weight excluding hydrogens is 459 g/mol. The number of rotatable bonds is 9. The van der Waals surface area contributed by atoms with Crippen molar-refractivity contribution >= 4 is 23.3 Å². The summed E-state index contributed by atoms with van der Waals surface area (Å²) in [5.41, 5.74) is 9.91. The average Bonchev–Trinajstić information content (AvgIpc) is 3.26. The minimum Gasteiger partial charge on any atom is -0.480 e. The summed E-state index contributed by atoms with van der Waals surface area (Å²) in [5.74, 6) is -0.862. The Hall–Kier alpha value is -0.755. The van der Waals surface area contributed by atoms with Gasteiger partial charge in [-0.05, 0) is 43.3 Å². The van der Waals surface area contributed by atoms with Crippen molar-refractivity contribution < 1.29 is 27.6 Å². The molecule has 2 saturated heterocycles. The third-order valence-corrected chi connectivity index (χ3v) is 11.2. The molecule has 0 amide bonds. The average molecular weight is 502 g/mol. The van der Waals surface area contributed by atoms with E-state index in [0.29, 0.717) is 31.0 Å². The first-order valence-electron chi connectivity index (χ1n) is 12.4. The maximum absolute atomic E-state index is 12.9. The first-order valence-corrected chi connectivity index (χ1v) is 13.8. The molecule has 12 heteroatoms. The van der Waals surface area contributed by atoms with Crippen molar-refractivity contribution in [2.75, 3.05) is 33.2 Å². The van der Waals surface area contributed by atoms with Gasteiger partial charge in [-0.25, -0.2) is 0 Å². The summed E-state index contributed by atoms with van der Waals surface area (Å²) in [6.07, 6.45) is 2.69. The number of aliphatic carboxylic acids is 1. The molecule has 3 fully saturated rings. The number of carboxylic acid groups (broad SMARTS) is 1. The second-order valence-electron chi connectivity index (χ2n) is 11.4. The molecular formula is C22H43BN4O6S. The van der Waals surface area contributed by atoms with Gasteiger partial charge in [-0.3, -0.25) is 4.79 Å². The Bertz CT molecular complexity index is 875. The van der Waals surface area contributed by atoms with Gasteiger partial charge < -0.3 is 25.9 Å². The fourth-order valence-corrected chi connectivity index (χ4v) is 7.45. The molecule has 3 aliphatic rings. The van der Waals surface area contributed by atoms with Crippen LogP contribution in [0.2, 0.25) is 6.32 Å². The third-order valence-electron chi connectivity index (χ3n) is 9.30. The lowest BCUT2D eigenvalue weighted by Crippen LogP contribution is -2.56. The molecule has 34 heavy (non-hydrogen) atoms. The molecule has 5 N–H and O–H groups in total. The van der Waals surface area contributed by atoms with Crippen LogP contribution in [-0.2, 0) is 24.3 Å². The molecule has 6 atom stereocenters. The van der Waals surface area contributed by atoms with E-state index in [1.807, 2.05) is 0 Å². The zero-order chi connectivity index (χ0) is 25.7. The Morgan fingerprint density at radius 2 is 1.94 bits per heavy atom. The minimum atomic E-state index is -3.83. The monoisotopic (exact) mass is 502 g/mol. The van der Waals surface area contributed by atoms with Crippen molar-refractivity contribution in [3.05, 3.63) is 0 Å². The van der Waals surface area contributed by atoms with Crippen LogP contribution in [0.4, 0.5) is 0 Å². The Morgan fingerprint density at radius 1 is 1.29 bits per heavy atom. The number of fused-ring (bicyclic) bond motifs is 1. The van der Waals surface area contributed by atoms with Crippen LogP contribution < -0.4 is 11.5 Å². The van der Waals surface area contributed by atoms with Gasteiger partial charge in [-0.15, -0.1) is 0 Å². The lowest BCUT2D eigenvalue weighted by Gasteiger charge is -2.53. The zero-order valence-corrected chi connectivity index (χ0v) is 22.3. The summed E-state index contributed by atoms with van der Waals surface area (Å²) in [6, 6.07) is 0. The van der Waals surface area contributed by atoms with E-state index in [4.69, 9.17) is 20.8 Å². The standard InChI is InChI=1S/C22H43BN4O6S/c1-15-12-18-21(5,16(2)20(15,3)4)33-23(32-18)9-7-8-17-13-27(14-22(17,25)19(28)29)34(30,31)26(6)11-10-24/h15-18H,7-14,24-25H2,1-6H3,(H,28,29)/t15-,16-,17+,18+,21-,22+/m1/s1. The van der Waals surface area contributed by atoms with Crippen LogP contribution in [0.3, 0.4) is 0 Å². The van der Waals surface area contributed by atoms with Crippen LogP contribution in [0.1, 0.15) is 53.9 Å². The Kier molecular flexibility index (Phi) is 7.86. The quantitative estimate of drug-likeness (QED) is 0.395. The van der Waals surface area contributed by atoms with Gasteiger partial charge in [0.2, 0.25) is 0 Å². The van der Waals surface area contributed by atoms with E-state index in [2.05, 4.69) is 34.6 Å². The highest BCUT2D eigenvalue weighted by Gasteiger charge is 2.59. The van der Waals surface area contributed by atoms with Gasteiger partial charge in [0, 0.05) is 39.1 Å². The van der Waals surface area contributed by atoms with Gasteiger partial charge in [-0.1, -0.05) is 34.1 Å². The van der Waals surface area contributed by atoms with E-state index in [1.54, 1.807) is 0 Å². The van der Waals surface area contributed by atoms with Crippen LogP contribution in [0.15, 0.2) is 0 Å². The number of hydrogen-bond donors (Lipinski definition) is 3. The topological polar surface area (TPSA) is 148 Å². The summed E-state index contributed by atoms with van der Waals surface area (Å²) in [4.78, 5) is 12.0. The highest BCUT2D eigenvalue weighted by atomic mass is 32.2. The predicted molar refractivity (Wildman–Crippen MR) is 131 cm³/mol. The summed E-state index contributed by atoms with van der Waals surface area (Å²) in [5, 5.41) is 9.83. The normalized spacial score (nSPS) is 38.4. The lowest BCUT2D eigenvalue weighted by atomic mass is 9.57. The van der Waals surface area contributed by atoms with E-state index in [1.165, 1.54) is 11.4 Å². The van der Waals surface area contributed by atoms with Crippen LogP contribution in [0.25, 0.3) is 0 Å². The zero-order valence-electron chi connectivity index (χ0n) is 21.5. The SMILES string of the molecule is C[C@@H]1C[C@@H]2OB(CCC[C@H]3CN(S(=O)(=O)N(C)CCN)C[C@@]3(N)C(=O)O)O[C@]2(C)[C@H](C)C1(C)C. The first kappa shape index (κ1) is 27.8. The van der Waals surface area contributed by atoms with Crippen molar-refractivity contribution in [2.45, 2.75) is 77.4 Å². The molecule has 2 heterocycles. The summed E-state index contributed by atoms with van der Waals surface area (Å²) in [7, 11) is -2.75. The number of carbonyl (C=O) groups is 1. The summed E-state index contributed by atoms with van der Waals surface area (Å²) >= 11 is 0. The van der Waals surface area contributed by atoms with Gasteiger partial charge in [0.25, 0.3) is 10.2 Å². The first-order chi connectivity index (χ1) is 15.6. The van der Waals surface area contributed by atoms with Crippen molar-refractivity contribution in [3.63, 3.8) is 0 Å². The van der Waals surface area contributed by atoms with Gasteiger partial charge in [0.05, 0.1) is 11.7 Å². The molecule has 3 rings (SSSR count). The second kappa shape index (κ2) is 9.61. The van der Waals surface area contributed by atoms with Gasteiger partial charge in [0.15, 0.2) is 0 Å². The molecule has 1 saturated carbocycles. The van der Waals surface area contributed by atoms with Crippen molar-refractivity contribution in [1.29, 1.82) is 0 Å². The fraction of sp³-hybridized carbons (Fsp3) is 0.955. The Labute approximate surface area is 205 Å². The Balaban J connectivity index is 1.63. The number of nitrogens with zero attached hydrogens (tertiary/aromatic N) is 2. The smallest absolute Gasteiger partial charge is 0.457 e. The van der Waals surface area contributed by atoms with E-state index >= 15 is 0 Å². The van der Waals surface area contributed by atoms with E-state index < -0.39 is 27.6 Å². The molecule has 0 bridgehead atoms. The maximum Gasteiger partial charge on any atom is 0.457 e. The summed E-state index contributed by atoms with van der Waals surface area (Å²) < 4.78 is 40.8. The number of nitrogens with two attached hydrogens (primary N) is 2. The van der Waals surface area contributed by atoms with Crippen molar-refractivity contribution in [3.8, 4) is 0 Å². The Morgan fingerprint density at radius 3 is 2.53 bits per heavy atom. The molecule has 0 aromatic carbocycles. The molecule has 0 unspecified atom stereocenters.